The van der Waals surface area contributed by atoms with Crippen LogP contribution in [0.15, 0.2) is 48.5 Å². The summed E-state index contributed by atoms with van der Waals surface area (Å²) in [5.74, 6) is 0.0254. The summed E-state index contributed by atoms with van der Waals surface area (Å²) in [6.45, 7) is 2.02. The SMILES string of the molecule is C[C@@H](NC(=O)C1CCN(S(C)(=O)=O)c2cc(Cl)ccc2O1)c1ccccc1. The predicted molar refractivity (Wildman–Crippen MR) is 106 cm³/mol. The molecule has 2 atom stereocenters. The monoisotopic (exact) mass is 408 g/mol. The Labute approximate surface area is 164 Å². The van der Waals surface area contributed by atoms with E-state index in [1.165, 1.54) is 10.4 Å². The first-order chi connectivity index (χ1) is 12.8. The van der Waals surface area contributed by atoms with Crippen LogP contribution in [0.1, 0.15) is 24.9 Å². The predicted octanol–water partition coefficient (Wildman–Crippen LogP) is 3.13. The topological polar surface area (TPSA) is 75.7 Å². The van der Waals surface area contributed by atoms with E-state index in [1.807, 2.05) is 37.3 Å². The Kier molecular flexibility index (Phi) is 5.62. The highest BCUT2D eigenvalue weighted by Gasteiger charge is 2.31. The van der Waals surface area contributed by atoms with Gasteiger partial charge >= 0.3 is 0 Å². The molecule has 144 valence electrons. The summed E-state index contributed by atoms with van der Waals surface area (Å²) in [6, 6.07) is 14.1. The fourth-order valence-electron chi connectivity index (χ4n) is 3.01. The number of benzene rings is 2. The van der Waals surface area contributed by atoms with Gasteiger partial charge in [-0.2, -0.15) is 0 Å². The van der Waals surface area contributed by atoms with Gasteiger partial charge in [-0.1, -0.05) is 41.9 Å². The maximum atomic E-state index is 12.7. The highest BCUT2D eigenvalue weighted by Crippen LogP contribution is 2.36. The van der Waals surface area contributed by atoms with Crippen molar-refractivity contribution in [3.63, 3.8) is 0 Å². The lowest BCUT2D eigenvalue weighted by molar-refractivity contribution is -0.128. The number of carbonyl (C=O) groups is 1. The lowest BCUT2D eigenvalue weighted by Gasteiger charge is -2.21. The number of sulfonamides is 1. The Hall–Kier alpha value is -2.25. The molecule has 8 heteroatoms. The number of nitrogens with one attached hydrogen (secondary N) is 1. The molecule has 1 aliphatic heterocycles. The van der Waals surface area contributed by atoms with Crippen LogP contribution in [0.2, 0.25) is 5.02 Å². The third kappa shape index (κ3) is 4.54. The van der Waals surface area contributed by atoms with Gasteiger partial charge in [0.15, 0.2) is 6.10 Å². The third-order valence-corrected chi connectivity index (χ3v) is 5.82. The molecule has 1 unspecified atom stereocenters. The van der Waals surface area contributed by atoms with Crippen molar-refractivity contribution in [1.82, 2.24) is 5.32 Å². The summed E-state index contributed by atoms with van der Waals surface area (Å²) in [4.78, 5) is 12.7. The maximum Gasteiger partial charge on any atom is 0.261 e. The molecule has 6 nitrogen and oxygen atoms in total. The lowest BCUT2D eigenvalue weighted by Crippen LogP contribution is -2.40. The molecule has 0 radical (unpaired) electrons. The van der Waals surface area contributed by atoms with Gasteiger partial charge in [0.05, 0.1) is 18.0 Å². The molecular formula is C19H21ClN2O4S. The van der Waals surface area contributed by atoms with Crippen molar-refractivity contribution in [3.8, 4) is 5.75 Å². The molecule has 0 saturated carbocycles. The Morgan fingerprint density at radius 1 is 1.26 bits per heavy atom. The smallest absolute Gasteiger partial charge is 0.261 e. The van der Waals surface area contributed by atoms with Crippen molar-refractivity contribution in [1.29, 1.82) is 0 Å². The van der Waals surface area contributed by atoms with Crippen molar-refractivity contribution in [2.24, 2.45) is 0 Å². The van der Waals surface area contributed by atoms with Gasteiger partial charge in [-0.3, -0.25) is 9.10 Å². The van der Waals surface area contributed by atoms with E-state index in [9.17, 15) is 13.2 Å². The number of amides is 1. The second-order valence-electron chi connectivity index (χ2n) is 6.48. The minimum Gasteiger partial charge on any atom is -0.478 e. The zero-order valence-corrected chi connectivity index (χ0v) is 16.6. The van der Waals surface area contributed by atoms with Crippen molar-refractivity contribution in [2.45, 2.75) is 25.5 Å². The summed E-state index contributed by atoms with van der Waals surface area (Å²) in [7, 11) is -3.53. The maximum absolute atomic E-state index is 12.7. The lowest BCUT2D eigenvalue weighted by atomic mass is 10.1. The summed E-state index contributed by atoms with van der Waals surface area (Å²) in [5, 5.41) is 3.33. The molecule has 1 aliphatic rings. The van der Waals surface area contributed by atoms with Crippen LogP contribution in [0.25, 0.3) is 0 Å². The Balaban J connectivity index is 1.82. The molecule has 0 aliphatic carbocycles. The standard InChI is InChI=1S/C19H21ClN2O4S/c1-13(14-6-4-3-5-7-14)21-19(23)18-10-11-22(27(2,24)25)16-12-15(20)8-9-17(16)26-18/h3-9,12-13,18H,10-11H2,1-2H3,(H,21,23)/t13-,18?/m1/s1. The van der Waals surface area contributed by atoms with Gasteiger partial charge in [-0.05, 0) is 30.7 Å². The van der Waals surface area contributed by atoms with Gasteiger partial charge < -0.3 is 10.1 Å². The Morgan fingerprint density at radius 2 is 1.96 bits per heavy atom. The highest BCUT2D eigenvalue weighted by atomic mass is 35.5. The van der Waals surface area contributed by atoms with Gasteiger partial charge in [-0.25, -0.2) is 8.42 Å². The summed E-state index contributed by atoms with van der Waals surface area (Å²) in [6.07, 6.45) is 0.547. The second-order valence-corrected chi connectivity index (χ2v) is 8.83. The molecular weight excluding hydrogens is 388 g/mol. The molecule has 3 rings (SSSR count). The minimum absolute atomic E-state index is 0.129. The normalized spacial score (nSPS) is 18.0. The van der Waals surface area contributed by atoms with Gasteiger partial charge in [0.25, 0.3) is 5.91 Å². The van der Waals surface area contributed by atoms with Crippen LogP contribution in [0, 0.1) is 0 Å². The zero-order chi connectivity index (χ0) is 19.6. The fraction of sp³-hybridized carbons (Fsp3) is 0.316. The quantitative estimate of drug-likeness (QED) is 0.843. The minimum atomic E-state index is -3.53. The molecule has 0 spiro atoms. The molecule has 27 heavy (non-hydrogen) atoms. The van der Waals surface area contributed by atoms with Crippen LogP contribution < -0.4 is 14.4 Å². The number of halogens is 1. The first kappa shape index (κ1) is 19.5. The van der Waals surface area contributed by atoms with E-state index in [4.69, 9.17) is 16.3 Å². The number of rotatable bonds is 4. The van der Waals surface area contributed by atoms with Gasteiger partial charge in [0.1, 0.15) is 5.75 Å². The Morgan fingerprint density at radius 3 is 2.63 bits per heavy atom. The summed E-state index contributed by atoms with van der Waals surface area (Å²) in [5.41, 5.74) is 1.32. The van der Waals surface area contributed by atoms with Gasteiger partial charge in [0, 0.05) is 18.0 Å². The van der Waals surface area contributed by atoms with E-state index in [-0.39, 0.29) is 24.9 Å². The summed E-state index contributed by atoms with van der Waals surface area (Å²) >= 11 is 6.02. The van der Waals surface area contributed by atoms with E-state index in [0.717, 1.165) is 11.8 Å². The number of fused-ring (bicyclic) bond motifs is 1. The number of hydrogen-bond donors (Lipinski definition) is 1. The fourth-order valence-corrected chi connectivity index (χ4v) is 4.12. The first-order valence-electron chi connectivity index (χ1n) is 8.55. The van der Waals surface area contributed by atoms with Crippen LogP contribution in [0.4, 0.5) is 5.69 Å². The molecule has 0 saturated heterocycles. The Bertz CT molecular complexity index is 934. The highest BCUT2D eigenvalue weighted by molar-refractivity contribution is 7.92. The average Bonchev–Trinajstić information content (AvgIpc) is 2.81. The zero-order valence-electron chi connectivity index (χ0n) is 15.1. The van der Waals surface area contributed by atoms with Crippen molar-refractivity contribution in [3.05, 3.63) is 59.1 Å². The molecule has 1 amide bonds. The largest absolute Gasteiger partial charge is 0.478 e. The summed E-state index contributed by atoms with van der Waals surface area (Å²) < 4.78 is 31.4. The average molecular weight is 409 g/mol. The van der Waals surface area contributed by atoms with Gasteiger partial charge in [0.2, 0.25) is 10.0 Å². The molecule has 1 heterocycles. The van der Waals surface area contributed by atoms with E-state index >= 15 is 0 Å². The van der Waals surface area contributed by atoms with E-state index in [1.54, 1.807) is 12.1 Å². The second kappa shape index (κ2) is 7.78. The van der Waals surface area contributed by atoms with Crippen LogP contribution in [0.5, 0.6) is 5.75 Å². The number of ether oxygens (including phenoxy) is 1. The van der Waals surface area contributed by atoms with Crippen LogP contribution in [-0.4, -0.2) is 33.2 Å². The molecule has 0 aromatic heterocycles. The molecule has 1 N–H and O–H groups in total. The van der Waals surface area contributed by atoms with Crippen molar-refractivity contribution in [2.75, 3.05) is 17.1 Å². The van der Waals surface area contributed by atoms with Crippen LogP contribution in [0.3, 0.4) is 0 Å². The van der Waals surface area contributed by atoms with E-state index < -0.39 is 16.1 Å². The molecule has 0 fully saturated rings. The van der Waals surface area contributed by atoms with Gasteiger partial charge in [-0.15, -0.1) is 0 Å². The number of anilines is 1. The molecule has 2 aromatic rings. The number of nitrogens with zero attached hydrogens (tertiary/aromatic N) is 1. The molecule has 2 aromatic carbocycles. The van der Waals surface area contributed by atoms with Crippen molar-refractivity contribution >= 4 is 33.2 Å². The van der Waals surface area contributed by atoms with Crippen LogP contribution in [-0.2, 0) is 14.8 Å². The number of hydrogen-bond acceptors (Lipinski definition) is 4. The van der Waals surface area contributed by atoms with Crippen molar-refractivity contribution < 1.29 is 17.9 Å². The number of carbonyl (C=O) groups excluding carboxylic acids is 1. The van der Waals surface area contributed by atoms with Crippen LogP contribution >= 0.6 is 11.6 Å². The van der Waals surface area contributed by atoms with E-state index in [0.29, 0.717) is 16.5 Å². The molecule has 0 bridgehead atoms. The van der Waals surface area contributed by atoms with E-state index in [2.05, 4.69) is 5.32 Å². The first-order valence-corrected chi connectivity index (χ1v) is 10.8. The third-order valence-electron chi connectivity index (χ3n) is 4.40.